The van der Waals surface area contributed by atoms with Crippen molar-refractivity contribution in [3.63, 3.8) is 0 Å². The van der Waals surface area contributed by atoms with Crippen LogP contribution in [0.15, 0.2) is 52.4 Å². The smallest absolute Gasteiger partial charge is 0.266 e. The molecule has 1 aromatic heterocycles. The average molecular weight is 440 g/mol. The summed E-state index contributed by atoms with van der Waals surface area (Å²) in [7, 11) is 0. The largest absolute Gasteiger partial charge is 0.379 e. The van der Waals surface area contributed by atoms with Crippen LogP contribution in [0, 0.1) is 13.8 Å². The first-order valence-corrected chi connectivity index (χ1v) is 11.5. The SMILES string of the molecule is Cc1cccc(-n2c(SCC(=O)NCCCOC(C)C)nc3ccccc3c2=O)c1C. The second-order valence-corrected chi connectivity index (χ2v) is 8.63. The van der Waals surface area contributed by atoms with E-state index in [1.54, 1.807) is 10.6 Å². The zero-order valence-electron chi connectivity index (χ0n) is 18.5. The van der Waals surface area contributed by atoms with Gasteiger partial charge >= 0.3 is 0 Å². The van der Waals surface area contributed by atoms with Crippen molar-refractivity contribution in [1.29, 1.82) is 0 Å². The van der Waals surface area contributed by atoms with Gasteiger partial charge in [0.05, 0.1) is 28.4 Å². The average Bonchev–Trinajstić information content (AvgIpc) is 2.74. The van der Waals surface area contributed by atoms with Gasteiger partial charge in [0.15, 0.2) is 5.16 Å². The summed E-state index contributed by atoms with van der Waals surface area (Å²) in [6, 6.07) is 13.2. The number of hydrogen-bond donors (Lipinski definition) is 1. The van der Waals surface area contributed by atoms with Crippen LogP contribution in [0.25, 0.3) is 16.6 Å². The van der Waals surface area contributed by atoms with Gasteiger partial charge in [0.2, 0.25) is 5.91 Å². The highest BCUT2D eigenvalue weighted by atomic mass is 32.2. The first-order chi connectivity index (χ1) is 14.9. The molecular formula is C24H29N3O3S. The van der Waals surface area contributed by atoms with E-state index in [1.807, 2.05) is 64.1 Å². The van der Waals surface area contributed by atoms with E-state index in [0.717, 1.165) is 23.2 Å². The van der Waals surface area contributed by atoms with Crippen molar-refractivity contribution in [2.45, 2.75) is 45.4 Å². The number of amides is 1. The van der Waals surface area contributed by atoms with Crippen LogP contribution in [0.2, 0.25) is 0 Å². The Labute approximate surface area is 187 Å². The summed E-state index contributed by atoms with van der Waals surface area (Å²) >= 11 is 1.27. The highest BCUT2D eigenvalue weighted by molar-refractivity contribution is 7.99. The van der Waals surface area contributed by atoms with Gasteiger partial charge in [-0.1, -0.05) is 36.0 Å². The molecule has 3 rings (SSSR count). The Morgan fingerprint density at radius 2 is 1.94 bits per heavy atom. The third-order valence-electron chi connectivity index (χ3n) is 4.99. The number of thioether (sulfide) groups is 1. The first kappa shape index (κ1) is 23.0. The molecule has 31 heavy (non-hydrogen) atoms. The highest BCUT2D eigenvalue weighted by Gasteiger charge is 2.16. The number of para-hydroxylation sites is 1. The summed E-state index contributed by atoms with van der Waals surface area (Å²) in [6.07, 6.45) is 0.947. The lowest BCUT2D eigenvalue weighted by molar-refractivity contribution is -0.118. The third kappa shape index (κ3) is 5.74. The Kier molecular flexibility index (Phi) is 7.87. The van der Waals surface area contributed by atoms with Crippen LogP contribution < -0.4 is 10.9 Å². The first-order valence-electron chi connectivity index (χ1n) is 10.5. The molecule has 0 bridgehead atoms. The van der Waals surface area contributed by atoms with Gasteiger partial charge in [-0.05, 0) is 63.4 Å². The van der Waals surface area contributed by atoms with E-state index in [2.05, 4.69) is 5.32 Å². The third-order valence-corrected chi connectivity index (χ3v) is 5.93. The number of nitrogens with one attached hydrogen (secondary N) is 1. The van der Waals surface area contributed by atoms with Gasteiger partial charge in [0.1, 0.15) is 0 Å². The van der Waals surface area contributed by atoms with E-state index in [-0.39, 0.29) is 23.3 Å². The number of aromatic nitrogens is 2. The molecule has 1 amide bonds. The number of carbonyl (C=O) groups is 1. The van der Waals surface area contributed by atoms with E-state index in [9.17, 15) is 9.59 Å². The molecule has 1 heterocycles. The molecule has 7 heteroatoms. The Morgan fingerprint density at radius 3 is 2.71 bits per heavy atom. The van der Waals surface area contributed by atoms with Crippen LogP contribution in [0.5, 0.6) is 0 Å². The number of aryl methyl sites for hydroxylation is 1. The Balaban J connectivity index is 1.83. The normalized spacial score (nSPS) is 11.3. The predicted octanol–water partition coefficient (Wildman–Crippen LogP) is 4.03. The van der Waals surface area contributed by atoms with Gasteiger partial charge in [0, 0.05) is 13.2 Å². The van der Waals surface area contributed by atoms with Crippen molar-refractivity contribution in [2.24, 2.45) is 0 Å². The second-order valence-electron chi connectivity index (χ2n) is 7.68. The molecule has 0 atom stereocenters. The molecule has 6 nitrogen and oxygen atoms in total. The standard InChI is InChI=1S/C24H29N3O3S/c1-16(2)30-14-8-13-25-22(28)15-31-24-26-20-11-6-5-10-19(20)23(29)27(24)21-12-7-9-17(3)18(21)4/h5-7,9-12,16H,8,13-15H2,1-4H3,(H,25,28). The van der Waals surface area contributed by atoms with Gasteiger partial charge in [0.25, 0.3) is 5.56 Å². The zero-order valence-corrected chi connectivity index (χ0v) is 19.3. The number of benzene rings is 2. The minimum absolute atomic E-state index is 0.0931. The minimum Gasteiger partial charge on any atom is -0.379 e. The van der Waals surface area contributed by atoms with Gasteiger partial charge in [-0.2, -0.15) is 0 Å². The van der Waals surface area contributed by atoms with Crippen LogP contribution in [0.1, 0.15) is 31.4 Å². The summed E-state index contributed by atoms with van der Waals surface area (Å²) in [5, 5.41) is 3.97. The van der Waals surface area contributed by atoms with Gasteiger partial charge in [-0.3, -0.25) is 14.2 Å². The number of carbonyl (C=O) groups excluding carboxylic acids is 1. The van der Waals surface area contributed by atoms with Gasteiger partial charge in [-0.15, -0.1) is 0 Å². The van der Waals surface area contributed by atoms with Crippen LogP contribution in [0.4, 0.5) is 0 Å². The van der Waals surface area contributed by atoms with E-state index in [0.29, 0.717) is 29.2 Å². The molecule has 0 spiro atoms. The fourth-order valence-corrected chi connectivity index (χ4v) is 4.04. The van der Waals surface area contributed by atoms with Crippen LogP contribution in [0.3, 0.4) is 0 Å². The maximum atomic E-state index is 13.4. The van der Waals surface area contributed by atoms with Crippen molar-refractivity contribution < 1.29 is 9.53 Å². The Hall–Kier alpha value is -2.64. The Bertz CT molecular complexity index is 1120. The molecule has 0 aliphatic heterocycles. The molecule has 0 unspecified atom stereocenters. The van der Waals surface area contributed by atoms with E-state index in [4.69, 9.17) is 9.72 Å². The van der Waals surface area contributed by atoms with E-state index >= 15 is 0 Å². The summed E-state index contributed by atoms with van der Waals surface area (Å²) < 4.78 is 7.11. The topological polar surface area (TPSA) is 73.2 Å². The molecule has 1 N–H and O–H groups in total. The second kappa shape index (κ2) is 10.6. The number of rotatable bonds is 9. The highest BCUT2D eigenvalue weighted by Crippen LogP contribution is 2.24. The molecule has 0 fully saturated rings. The van der Waals surface area contributed by atoms with Crippen molar-refractivity contribution in [2.75, 3.05) is 18.9 Å². The lowest BCUT2D eigenvalue weighted by Gasteiger charge is -2.16. The maximum absolute atomic E-state index is 13.4. The minimum atomic E-state index is -0.131. The molecule has 164 valence electrons. The molecule has 0 saturated carbocycles. The number of fused-ring (bicyclic) bond motifs is 1. The van der Waals surface area contributed by atoms with Crippen LogP contribution in [-0.2, 0) is 9.53 Å². The van der Waals surface area contributed by atoms with E-state index < -0.39 is 0 Å². The van der Waals surface area contributed by atoms with E-state index in [1.165, 1.54) is 11.8 Å². The lowest BCUT2D eigenvalue weighted by atomic mass is 10.1. The van der Waals surface area contributed by atoms with Gasteiger partial charge < -0.3 is 10.1 Å². The van der Waals surface area contributed by atoms with Gasteiger partial charge in [-0.25, -0.2) is 4.98 Å². The summed E-state index contributed by atoms with van der Waals surface area (Å²) in [6.45, 7) is 9.15. The zero-order chi connectivity index (χ0) is 22.4. The number of hydrogen-bond acceptors (Lipinski definition) is 5. The van der Waals surface area contributed by atoms with Crippen molar-refractivity contribution in [3.05, 3.63) is 63.9 Å². The summed E-state index contributed by atoms with van der Waals surface area (Å²) in [5.41, 5.74) is 3.39. The van der Waals surface area contributed by atoms with Crippen LogP contribution in [-0.4, -0.2) is 40.5 Å². The monoisotopic (exact) mass is 439 g/mol. The van der Waals surface area contributed by atoms with Crippen molar-refractivity contribution >= 4 is 28.6 Å². The molecule has 3 aromatic rings. The summed E-state index contributed by atoms with van der Waals surface area (Å²) in [4.78, 5) is 30.4. The predicted molar refractivity (Wildman–Crippen MR) is 126 cm³/mol. The molecule has 0 aliphatic carbocycles. The fraction of sp³-hybridized carbons (Fsp3) is 0.375. The van der Waals surface area contributed by atoms with Crippen molar-refractivity contribution in [1.82, 2.24) is 14.9 Å². The molecule has 0 radical (unpaired) electrons. The maximum Gasteiger partial charge on any atom is 0.266 e. The number of nitrogens with zero attached hydrogens (tertiary/aromatic N) is 2. The van der Waals surface area contributed by atoms with Crippen molar-refractivity contribution in [3.8, 4) is 5.69 Å². The molecule has 0 aliphatic rings. The fourth-order valence-electron chi connectivity index (χ4n) is 3.20. The molecule has 0 saturated heterocycles. The van der Waals surface area contributed by atoms with Crippen LogP contribution >= 0.6 is 11.8 Å². The quantitative estimate of drug-likeness (QED) is 0.310. The molecular weight excluding hydrogens is 410 g/mol. The lowest BCUT2D eigenvalue weighted by Crippen LogP contribution is -2.28. The molecule has 2 aromatic carbocycles. The summed E-state index contributed by atoms with van der Waals surface area (Å²) in [5.74, 6) is 0.0881. The Morgan fingerprint density at radius 1 is 1.16 bits per heavy atom. The number of ether oxygens (including phenoxy) is 1.